The number of nitrogens with zero attached hydrogens (tertiary/aromatic N) is 1. The summed E-state index contributed by atoms with van der Waals surface area (Å²) in [6, 6.07) is -1.88. The van der Waals surface area contributed by atoms with Crippen LogP contribution >= 0.6 is 0 Å². The summed E-state index contributed by atoms with van der Waals surface area (Å²) in [7, 11) is 0. The highest BCUT2D eigenvalue weighted by Gasteiger charge is 2.18. The first-order valence-corrected chi connectivity index (χ1v) is 4.24. The molecule has 6 nitrogen and oxygen atoms in total. The third-order valence-electron chi connectivity index (χ3n) is 1.87. The molecule has 0 bridgehead atoms. The van der Waals surface area contributed by atoms with Crippen LogP contribution in [0.15, 0.2) is 0 Å². The number of alkyl halides is 1. The van der Waals surface area contributed by atoms with E-state index in [9.17, 15) is 14.4 Å². The number of rotatable bonds is 7. The number of hydrazine groups is 1. The Kier molecular flexibility index (Phi) is 6.30. The number of carbonyl (C=O) groups is 1. The molecular weight excluding hydrogens is 193 g/mol. The lowest BCUT2D eigenvalue weighted by molar-refractivity contribution is -0.139. The van der Waals surface area contributed by atoms with Gasteiger partial charge in [0.05, 0.1) is 6.67 Å². The molecule has 5 N–H and O–H groups in total. The van der Waals surface area contributed by atoms with E-state index in [1.54, 1.807) is 0 Å². The third-order valence-corrected chi connectivity index (χ3v) is 1.87. The van der Waals surface area contributed by atoms with Gasteiger partial charge in [-0.2, -0.15) is 0 Å². The molecule has 14 heavy (non-hydrogen) atoms. The van der Waals surface area contributed by atoms with Gasteiger partial charge in [0.2, 0.25) is 0 Å². The highest BCUT2D eigenvalue weighted by atomic mass is 19.1. The smallest absolute Gasteiger partial charge is 0.320 e. The molecule has 7 heteroatoms. The summed E-state index contributed by atoms with van der Waals surface area (Å²) in [5.41, 5.74) is 5.21. The number of hydroxylamine groups is 1. The monoisotopic (exact) mass is 208 g/mol. The van der Waals surface area contributed by atoms with Crippen LogP contribution in [0.5, 0.6) is 0 Å². The third kappa shape index (κ3) is 5.07. The topological polar surface area (TPSA) is 116 Å². The van der Waals surface area contributed by atoms with Crippen molar-refractivity contribution in [2.24, 2.45) is 11.6 Å². The van der Waals surface area contributed by atoms with Gasteiger partial charge in [-0.3, -0.25) is 15.0 Å². The molecule has 0 aromatic carbocycles. The van der Waals surface area contributed by atoms with Crippen molar-refractivity contribution in [2.75, 3.05) is 6.67 Å². The fraction of sp³-hybridized carbons (Fsp3) is 0.857. The van der Waals surface area contributed by atoms with Crippen LogP contribution in [-0.2, 0) is 4.79 Å². The van der Waals surface area contributed by atoms with Gasteiger partial charge in [-0.15, -0.1) is 0 Å². The maximum absolute atomic E-state index is 11.8. The lowest BCUT2D eigenvalue weighted by Gasteiger charge is -2.33. The fourth-order valence-electron chi connectivity index (χ4n) is 1.06. The van der Waals surface area contributed by atoms with Crippen molar-refractivity contribution in [1.82, 2.24) is 5.17 Å². The second-order valence-electron chi connectivity index (χ2n) is 3.03. The van der Waals surface area contributed by atoms with E-state index in [0.717, 1.165) is 0 Å². The molecule has 0 amide bonds. The first kappa shape index (κ1) is 13.2. The molecule has 0 radical (unpaired) electrons. The molecule has 0 aromatic heterocycles. The number of nitrogens with two attached hydrogens (primary N) is 2. The maximum atomic E-state index is 11.8. The van der Waals surface area contributed by atoms with Crippen LogP contribution in [0.4, 0.5) is 4.39 Å². The van der Waals surface area contributed by atoms with Crippen molar-refractivity contribution in [1.29, 1.82) is 0 Å². The molecule has 0 fully saturated rings. The van der Waals surface area contributed by atoms with Crippen LogP contribution in [0.2, 0.25) is 0 Å². The SMILES string of the molecule is NC(CC(CCCF)N(N)[O-])C(=O)O. The standard InChI is InChI=1S/C7H15FN3O3/c8-3-1-2-5(11(10)14)4-6(9)7(12)13/h5-6H,1-4,9-10H2,(H,12,13)/q-1. The lowest BCUT2D eigenvalue weighted by atomic mass is 10.0. The summed E-state index contributed by atoms with van der Waals surface area (Å²) in [6.45, 7) is -0.563. The van der Waals surface area contributed by atoms with E-state index in [0.29, 0.717) is 0 Å². The van der Waals surface area contributed by atoms with Gasteiger partial charge < -0.3 is 21.2 Å². The van der Waals surface area contributed by atoms with Crippen molar-refractivity contribution in [3.63, 3.8) is 0 Å². The van der Waals surface area contributed by atoms with Gasteiger partial charge in [0.25, 0.3) is 0 Å². The van der Waals surface area contributed by atoms with Crippen molar-refractivity contribution >= 4 is 5.97 Å². The summed E-state index contributed by atoms with van der Waals surface area (Å²) < 4.78 is 11.8. The van der Waals surface area contributed by atoms with E-state index >= 15 is 0 Å². The summed E-state index contributed by atoms with van der Waals surface area (Å²) in [5, 5.41) is 19.3. The van der Waals surface area contributed by atoms with Gasteiger partial charge >= 0.3 is 5.97 Å². The Bertz CT molecular complexity index is 180. The summed E-state index contributed by atoms with van der Waals surface area (Å²) in [4.78, 5) is 10.4. The minimum atomic E-state index is -1.20. The number of carboxylic acid groups (broad SMARTS) is 1. The predicted molar refractivity (Wildman–Crippen MR) is 48.6 cm³/mol. The van der Waals surface area contributed by atoms with Crippen molar-refractivity contribution in [2.45, 2.75) is 31.3 Å². The van der Waals surface area contributed by atoms with E-state index in [2.05, 4.69) is 0 Å². The van der Waals surface area contributed by atoms with Crippen LogP contribution in [0.25, 0.3) is 0 Å². The van der Waals surface area contributed by atoms with Crippen LogP contribution in [0.1, 0.15) is 19.3 Å². The Morgan fingerprint density at radius 2 is 2.21 bits per heavy atom. The molecule has 0 rings (SSSR count). The molecule has 0 aliphatic carbocycles. The minimum Gasteiger partial charge on any atom is -0.772 e. The number of carboxylic acids is 1. The highest BCUT2D eigenvalue weighted by Crippen LogP contribution is 2.09. The Morgan fingerprint density at radius 1 is 1.64 bits per heavy atom. The van der Waals surface area contributed by atoms with Gasteiger partial charge in [0, 0.05) is 6.04 Å². The minimum absolute atomic E-state index is 0.0741. The van der Waals surface area contributed by atoms with Gasteiger partial charge in [-0.05, 0) is 19.3 Å². The van der Waals surface area contributed by atoms with Gasteiger partial charge in [-0.25, -0.2) is 0 Å². The molecule has 0 aliphatic rings. The van der Waals surface area contributed by atoms with Crippen molar-refractivity contribution in [3.05, 3.63) is 5.21 Å². The van der Waals surface area contributed by atoms with Crippen LogP contribution in [-0.4, -0.2) is 35.0 Å². The average Bonchev–Trinajstić information content (AvgIpc) is 2.10. The Balaban J connectivity index is 4.02. The van der Waals surface area contributed by atoms with Crippen LogP contribution in [0.3, 0.4) is 0 Å². The molecule has 0 spiro atoms. The number of aliphatic carboxylic acids is 1. The number of hydrogen-bond acceptors (Lipinski definition) is 5. The van der Waals surface area contributed by atoms with Crippen LogP contribution < -0.4 is 11.6 Å². The van der Waals surface area contributed by atoms with Gasteiger partial charge in [-0.1, -0.05) is 0 Å². The molecule has 0 saturated carbocycles. The summed E-state index contributed by atoms with van der Waals surface area (Å²) in [6.07, 6.45) is 0.305. The molecule has 84 valence electrons. The summed E-state index contributed by atoms with van der Waals surface area (Å²) >= 11 is 0. The maximum Gasteiger partial charge on any atom is 0.320 e. The second kappa shape index (κ2) is 6.66. The molecule has 2 unspecified atom stereocenters. The van der Waals surface area contributed by atoms with Gasteiger partial charge in [0.15, 0.2) is 0 Å². The zero-order chi connectivity index (χ0) is 11.1. The quantitative estimate of drug-likeness (QED) is 0.386. The first-order chi connectivity index (χ1) is 6.49. The van der Waals surface area contributed by atoms with E-state index in [4.69, 9.17) is 16.7 Å². The Hall–Kier alpha value is -0.760. The zero-order valence-corrected chi connectivity index (χ0v) is 7.73. The van der Waals surface area contributed by atoms with Gasteiger partial charge in [0.1, 0.15) is 6.04 Å². The molecule has 0 aromatic rings. The Labute approximate surface area is 81.2 Å². The zero-order valence-electron chi connectivity index (χ0n) is 7.73. The first-order valence-electron chi connectivity index (χ1n) is 4.24. The molecule has 0 aliphatic heterocycles. The average molecular weight is 208 g/mol. The van der Waals surface area contributed by atoms with Crippen molar-refractivity contribution < 1.29 is 14.3 Å². The molecular formula is C7H15FN3O3-. The van der Waals surface area contributed by atoms with E-state index < -0.39 is 24.7 Å². The fourth-order valence-corrected chi connectivity index (χ4v) is 1.06. The lowest BCUT2D eigenvalue weighted by Crippen LogP contribution is -2.43. The second-order valence-corrected chi connectivity index (χ2v) is 3.03. The molecule has 0 saturated heterocycles. The van der Waals surface area contributed by atoms with E-state index in [1.807, 2.05) is 0 Å². The normalized spacial score (nSPS) is 15.5. The number of halogens is 1. The van der Waals surface area contributed by atoms with Crippen LogP contribution in [0, 0.1) is 5.21 Å². The number of hydrogen-bond donors (Lipinski definition) is 3. The van der Waals surface area contributed by atoms with E-state index in [-0.39, 0.29) is 24.4 Å². The van der Waals surface area contributed by atoms with Crippen molar-refractivity contribution in [3.8, 4) is 0 Å². The summed E-state index contributed by atoms with van der Waals surface area (Å²) in [5.74, 6) is 3.74. The predicted octanol–water partition coefficient (Wildman–Crippen LogP) is -0.420. The van der Waals surface area contributed by atoms with E-state index in [1.165, 1.54) is 0 Å². The highest BCUT2D eigenvalue weighted by molar-refractivity contribution is 5.73. The largest absolute Gasteiger partial charge is 0.772 e. The Morgan fingerprint density at radius 3 is 2.57 bits per heavy atom. The molecule has 2 atom stereocenters. The molecule has 0 heterocycles.